The fourth-order valence-corrected chi connectivity index (χ4v) is 1.89. The third-order valence-electron chi connectivity index (χ3n) is 2.71. The molecule has 4 nitrogen and oxygen atoms in total. The highest BCUT2D eigenvalue weighted by Gasteiger charge is 2.19. The van der Waals surface area contributed by atoms with Crippen molar-refractivity contribution in [1.82, 2.24) is 14.8 Å². The van der Waals surface area contributed by atoms with Gasteiger partial charge in [0.05, 0.1) is 6.54 Å². The molecule has 19 heavy (non-hydrogen) atoms. The van der Waals surface area contributed by atoms with Gasteiger partial charge in [0.25, 0.3) is 0 Å². The highest BCUT2D eigenvalue weighted by atomic mass is 19.2. The van der Waals surface area contributed by atoms with Crippen LogP contribution < -0.4 is 5.73 Å². The molecule has 0 saturated heterocycles. The van der Waals surface area contributed by atoms with Gasteiger partial charge in [0.15, 0.2) is 23.3 Å². The number of nitrogens with two attached hydrogens (primary N) is 1. The van der Waals surface area contributed by atoms with Crippen LogP contribution in [0.15, 0.2) is 12.1 Å². The number of halogens is 3. The minimum absolute atomic E-state index is 0.0419. The third-order valence-corrected chi connectivity index (χ3v) is 2.71. The first-order chi connectivity index (χ1) is 8.95. The maximum Gasteiger partial charge on any atom is 0.194 e. The van der Waals surface area contributed by atoms with Crippen LogP contribution in [-0.4, -0.2) is 14.8 Å². The Morgan fingerprint density at radius 2 is 1.74 bits per heavy atom. The topological polar surface area (TPSA) is 56.7 Å². The Kier molecular flexibility index (Phi) is 3.57. The Hall–Kier alpha value is -1.89. The van der Waals surface area contributed by atoms with Crippen LogP contribution in [0.1, 0.15) is 25.7 Å². The molecule has 0 aliphatic rings. The van der Waals surface area contributed by atoms with E-state index >= 15 is 0 Å². The Balaban J connectivity index is 2.62. The maximum atomic E-state index is 13.3. The average molecular weight is 270 g/mol. The fraction of sp³-hybridized carbons (Fsp3) is 0.333. The van der Waals surface area contributed by atoms with Gasteiger partial charge in [-0.2, -0.15) is 0 Å². The fourth-order valence-electron chi connectivity index (χ4n) is 1.89. The summed E-state index contributed by atoms with van der Waals surface area (Å²) in [5.41, 5.74) is 5.65. The predicted molar refractivity (Wildman–Crippen MR) is 63.6 cm³/mol. The van der Waals surface area contributed by atoms with Gasteiger partial charge in [0, 0.05) is 11.6 Å². The molecule has 2 rings (SSSR count). The molecule has 1 heterocycles. The zero-order valence-electron chi connectivity index (χ0n) is 10.5. The van der Waals surface area contributed by atoms with Crippen LogP contribution in [0.3, 0.4) is 0 Å². The van der Waals surface area contributed by atoms with Crippen molar-refractivity contribution in [2.45, 2.75) is 26.4 Å². The van der Waals surface area contributed by atoms with Gasteiger partial charge in [-0.3, -0.25) is 0 Å². The number of rotatable bonds is 3. The molecule has 0 amide bonds. The SMILES string of the molecule is CC(C)n1c(CN)nnc1-c1cc(F)c(F)c(F)c1. The lowest BCUT2D eigenvalue weighted by molar-refractivity contribution is 0.447. The number of aromatic nitrogens is 3. The van der Waals surface area contributed by atoms with E-state index in [4.69, 9.17) is 5.73 Å². The quantitative estimate of drug-likeness (QED) is 0.871. The van der Waals surface area contributed by atoms with E-state index in [1.165, 1.54) is 0 Å². The second kappa shape index (κ2) is 5.00. The number of benzene rings is 1. The zero-order chi connectivity index (χ0) is 14.2. The highest BCUT2D eigenvalue weighted by Crippen LogP contribution is 2.25. The molecule has 0 bridgehead atoms. The normalized spacial score (nSPS) is 11.3. The second-order valence-electron chi connectivity index (χ2n) is 4.36. The van der Waals surface area contributed by atoms with Crippen molar-refractivity contribution in [3.63, 3.8) is 0 Å². The molecule has 7 heteroatoms. The highest BCUT2D eigenvalue weighted by molar-refractivity contribution is 5.56. The van der Waals surface area contributed by atoms with E-state index in [-0.39, 0.29) is 24.0 Å². The van der Waals surface area contributed by atoms with E-state index < -0.39 is 17.5 Å². The zero-order valence-corrected chi connectivity index (χ0v) is 10.5. The van der Waals surface area contributed by atoms with Crippen LogP contribution in [-0.2, 0) is 6.54 Å². The first-order valence-corrected chi connectivity index (χ1v) is 5.74. The summed E-state index contributed by atoms with van der Waals surface area (Å²) in [6.07, 6.45) is 0. The first-order valence-electron chi connectivity index (χ1n) is 5.74. The lowest BCUT2D eigenvalue weighted by Crippen LogP contribution is -2.11. The van der Waals surface area contributed by atoms with Crippen LogP contribution in [0.25, 0.3) is 11.4 Å². The minimum atomic E-state index is -1.50. The van der Waals surface area contributed by atoms with Crippen LogP contribution in [0, 0.1) is 17.5 Å². The van der Waals surface area contributed by atoms with Crippen molar-refractivity contribution in [2.75, 3.05) is 0 Å². The van der Waals surface area contributed by atoms with Crippen molar-refractivity contribution in [3.05, 3.63) is 35.4 Å². The molecule has 1 aromatic heterocycles. The van der Waals surface area contributed by atoms with Crippen molar-refractivity contribution in [3.8, 4) is 11.4 Å². The predicted octanol–water partition coefficient (Wildman–Crippen LogP) is 2.40. The molecule has 0 aliphatic carbocycles. The van der Waals surface area contributed by atoms with Gasteiger partial charge in [-0.1, -0.05) is 0 Å². The molecule has 2 aromatic rings. The Morgan fingerprint density at radius 3 is 2.21 bits per heavy atom. The summed E-state index contributed by atoms with van der Waals surface area (Å²) in [4.78, 5) is 0. The minimum Gasteiger partial charge on any atom is -0.324 e. The van der Waals surface area contributed by atoms with Crippen LogP contribution in [0.2, 0.25) is 0 Å². The van der Waals surface area contributed by atoms with Gasteiger partial charge in [-0.25, -0.2) is 13.2 Å². The van der Waals surface area contributed by atoms with E-state index in [9.17, 15) is 13.2 Å². The van der Waals surface area contributed by atoms with Gasteiger partial charge in [-0.05, 0) is 26.0 Å². The average Bonchev–Trinajstić information content (AvgIpc) is 2.79. The number of nitrogens with zero attached hydrogens (tertiary/aromatic N) is 3. The maximum absolute atomic E-state index is 13.3. The Morgan fingerprint density at radius 1 is 1.16 bits per heavy atom. The first kappa shape index (κ1) is 13.5. The molecule has 0 atom stereocenters. The molecule has 0 fully saturated rings. The summed E-state index contributed by atoms with van der Waals surface area (Å²) < 4.78 is 41.1. The van der Waals surface area contributed by atoms with Gasteiger partial charge in [0.1, 0.15) is 5.82 Å². The van der Waals surface area contributed by atoms with Crippen LogP contribution in [0.4, 0.5) is 13.2 Å². The second-order valence-corrected chi connectivity index (χ2v) is 4.36. The van der Waals surface area contributed by atoms with Gasteiger partial charge >= 0.3 is 0 Å². The van der Waals surface area contributed by atoms with Crippen molar-refractivity contribution < 1.29 is 13.2 Å². The molecule has 0 saturated carbocycles. The molecule has 2 N–H and O–H groups in total. The monoisotopic (exact) mass is 270 g/mol. The van der Waals surface area contributed by atoms with Gasteiger partial charge in [-0.15, -0.1) is 10.2 Å². The Bertz CT molecular complexity index is 584. The van der Waals surface area contributed by atoms with E-state index in [2.05, 4.69) is 10.2 Å². The molecule has 0 aliphatic heterocycles. The molecule has 0 unspecified atom stereocenters. The van der Waals surface area contributed by atoms with E-state index in [0.717, 1.165) is 12.1 Å². The molecule has 1 aromatic carbocycles. The summed E-state index contributed by atoms with van der Waals surface area (Å²) in [6.45, 7) is 3.88. The van der Waals surface area contributed by atoms with Crippen LogP contribution >= 0.6 is 0 Å². The third kappa shape index (κ3) is 2.33. The lowest BCUT2D eigenvalue weighted by atomic mass is 10.2. The summed E-state index contributed by atoms with van der Waals surface area (Å²) in [5.74, 6) is -3.27. The largest absolute Gasteiger partial charge is 0.324 e. The number of hydrogen-bond acceptors (Lipinski definition) is 3. The molecular formula is C12H13F3N4. The summed E-state index contributed by atoms with van der Waals surface area (Å²) in [6, 6.07) is 1.74. The van der Waals surface area contributed by atoms with E-state index in [0.29, 0.717) is 5.82 Å². The van der Waals surface area contributed by atoms with Crippen molar-refractivity contribution in [2.24, 2.45) is 5.73 Å². The summed E-state index contributed by atoms with van der Waals surface area (Å²) in [5, 5.41) is 7.73. The Labute approximate surface area is 108 Å². The van der Waals surface area contributed by atoms with Crippen LogP contribution in [0.5, 0.6) is 0 Å². The van der Waals surface area contributed by atoms with Gasteiger partial charge in [0.2, 0.25) is 0 Å². The van der Waals surface area contributed by atoms with Crippen molar-refractivity contribution >= 4 is 0 Å². The van der Waals surface area contributed by atoms with E-state index in [1.807, 2.05) is 13.8 Å². The molecular weight excluding hydrogens is 257 g/mol. The smallest absolute Gasteiger partial charge is 0.194 e. The molecule has 0 spiro atoms. The van der Waals surface area contributed by atoms with E-state index in [1.54, 1.807) is 4.57 Å². The summed E-state index contributed by atoms with van der Waals surface area (Å²) >= 11 is 0. The number of hydrogen-bond donors (Lipinski definition) is 1. The lowest BCUT2D eigenvalue weighted by Gasteiger charge is -2.13. The van der Waals surface area contributed by atoms with Crippen molar-refractivity contribution in [1.29, 1.82) is 0 Å². The molecule has 102 valence electrons. The molecule has 0 radical (unpaired) electrons. The van der Waals surface area contributed by atoms with Gasteiger partial charge < -0.3 is 10.3 Å². The summed E-state index contributed by atoms with van der Waals surface area (Å²) in [7, 11) is 0. The standard InChI is InChI=1S/C12H13F3N4/c1-6(2)19-10(5-16)17-18-12(19)7-3-8(13)11(15)9(14)4-7/h3-4,6H,5,16H2,1-2H3.